The van der Waals surface area contributed by atoms with E-state index < -0.39 is 0 Å². The Labute approximate surface area is 80.5 Å². The summed E-state index contributed by atoms with van der Waals surface area (Å²) < 4.78 is 5.03. The number of nitrogens with two attached hydrogens (primary N) is 1. The molecular formula is C8H11N5O. The summed E-state index contributed by atoms with van der Waals surface area (Å²) in [6.45, 7) is 0.627. The fraction of sp³-hybridized carbons (Fsp3) is 0.375. The zero-order chi connectivity index (χ0) is 9.80. The number of aromatic nitrogens is 4. The summed E-state index contributed by atoms with van der Waals surface area (Å²) in [6, 6.07) is 1.79. The van der Waals surface area contributed by atoms with Crippen molar-refractivity contribution in [3.63, 3.8) is 0 Å². The van der Waals surface area contributed by atoms with Gasteiger partial charge in [-0.1, -0.05) is 5.16 Å². The lowest BCUT2D eigenvalue weighted by molar-refractivity contribution is 0.376. The number of aryl methyl sites for hydroxylation is 1. The molecule has 0 amide bonds. The van der Waals surface area contributed by atoms with Gasteiger partial charge in [0.2, 0.25) is 11.7 Å². The van der Waals surface area contributed by atoms with Gasteiger partial charge in [0.05, 0.1) is 0 Å². The molecule has 74 valence electrons. The zero-order valence-electron chi connectivity index (χ0n) is 7.60. The van der Waals surface area contributed by atoms with Crippen LogP contribution in [0.3, 0.4) is 0 Å². The van der Waals surface area contributed by atoms with Gasteiger partial charge in [0.1, 0.15) is 5.69 Å². The SMILES string of the molecule is NCCCc1nc(-c2ccn[nH]2)no1. The van der Waals surface area contributed by atoms with Crippen LogP contribution in [0.1, 0.15) is 12.3 Å². The van der Waals surface area contributed by atoms with Gasteiger partial charge in [0, 0.05) is 12.6 Å². The lowest BCUT2D eigenvalue weighted by Crippen LogP contribution is -2.00. The van der Waals surface area contributed by atoms with Gasteiger partial charge in [0.25, 0.3) is 0 Å². The molecule has 0 aromatic carbocycles. The summed E-state index contributed by atoms with van der Waals surface area (Å²) in [5, 5.41) is 10.4. The predicted octanol–water partition coefficient (Wildman–Crippen LogP) is 0.351. The first-order valence-electron chi connectivity index (χ1n) is 4.42. The molecule has 6 nitrogen and oxygen atoms in total. The molecule has 0 fully saturated rings. The van der Waals surface area contributed by atoms with Crippen molar-refractivity contribution in [3.8, 4) is 11.5 Å². The van der Waals surface area contributed by atoms with Crippen molar-refractivity contribution in [2.75, 3.05) is 6.54 Å². The summed E-state index contributed by atoms with van der Waals surface area (Å²) in [5.41, 5.74) is 6.13. The van der Waals surface area contributed by atoms with E-state index in [0.717, 1.165) is 18.5 Å². The highest BCUT2D eigenvalue weighted by Gasteiger charge is 2.08. The van der Waals surface area contributed by atoms with Crippen LogP contribution < -0.4 is 5.73 Å². The molecule has 0 aliphatic heterocycles. The van der Waals surface area contributed by atoms with Gasteiger partial charge in [-0.15, -0.1) is 0 Å². The summed E-state index contributed by atoms with van der Waals surface area (Å²) in [6.07, 6.45) is 3.22. The maximum absolute atomic E-state index is 5.37. The molecule has 0 atom stereocenters. The number of H-pyrrole nitrogens is 1. The van der Waals surface area contributed by atoms with Crippen LogP contribution in [0.25, 0.3) is 11.5 Å². The molecule has 0 unspecified atom stereocenters. The van der Waals surface area contributed by atoms with E-state index in [1.165, 1.54) is 0 Å². The maximum atomic E-state index is 5.37. The van der Waals surface area contributed by atoms with Gasteiger partial charge in [-0.2, -0.15) is 10.1 Å². The maximum Gasteiger partial charge on any atom is 0.227 e. The van der Waals surface area contributed by atoms with Gasteiger partial charge in [-0.05, 0) is 19.0 Å². The summed E-state index contributed by atoms with van der Waals surface area (Å²) >= 11 is 0. The van der Waals surface area contributed by atoms with E-state index in [9.17, 15) is 0 Å². The molecule has 6 heteroatoms. The first-order chi connectivity index (χ1) is 6.90. The number of hydrogen-bond donors (Lipinski definition) is 2. The molecule has 0 saturated carbocycles. The number of aromatic amines is 1. The Morgan fingerprint density at radius 3 is 3.14 bits per heavy atom. The molecule has 0 aliphatic carbocycles. The van der Waals surface area contributed by atoms with Crippen molar-refractivity contribution in [1.82, 2.24) is 20.3 Å². The summed E-state index contributed by atoms with van der Waals surface area (Å²) in [5.74, 6) is 1.15. The van der Waals surface area contributed by atoms with Gasteiger partial charge >= 0.3 is 0 Å². The van der Waals surface area contributed by atoms with Crippen LogP contribution in [-0.2, 0) is 6.42 Å². The average molecular weight is 193 g/mol. The van der Waals surface area contributed by atoms with Gasteiger partial charge in [-0.25, -0.2) is 0 Å². The van der Waals surface area contributed by atoms with E-state index >= 15 is 0 Å². The van der Waals surface area contributed by atoms with E-state index in [-0.39, 0.29) is 0 Å². The van der Waals surface area contributed by atoms with Gasteiger partial charge in [0.15, 0.2) is 0 Å². The van der Waals surface area contributed by atoms with E-state index in [2.05, 4.69) is 20.3 Å². The van der Waals surface area contributed by atoms with E-state index in [4.69, 9.17) is 10.3 Å². The van der Waals surface area contributed by atoms with Crippen LogP contribution in [0.4, 0.5) is 0 Å². The van der Waals surface area contributed by atoms with Crippen molar-refractivity contribution in [1.29, 1.82) is 0 Å². The highest BCUT2D eigenvalue weighted by molar-refractivity contribution is 5.46. The smallest absolute Gasteiger partial charge is 0.227 e. The Bertz CT molecular complexity index is 380. The van der Waals surface area contributed by atoms with E-state index in [1.807, 2.05) is 0 Å². The summed E-state index contributed by atoms with van der Waals surface area (Å²) in [7, 11) is 0. The molecule has 0 spiro atoms. The number of nitrogens with zero attached hydrogens (tertiary/aromatic N) is 3. The number of rotatable bonds is 4. The molecule has 2 heterocycles. The number of nitrogens with one attached hydrogen (secondary N) is 1. The molecule has 14 heavy (non-hydrogen) atoms. The fourth-order valence-electron chi connectivity index (χ4n) is 1.10. The highest BCUT2D eigenvalue weighted by Crippen LogP contribution is 2.11. The lowest BCUT2D eigenvalue weighted by Gasteiger charge is -1.88. The second kappa shape index (κ2) is 4.01. The van der Waals surface area contributed by atoms with Crippen molar-refractivity contribution in [2.45, 2.75) is 12.8 Å². The molecule has 0 bridgehead atoms. The first kappa shape index (κ1) is 8.89. The first-order valence-corrected chi connectivity index (χ1v) is 4.42. The van der Waals surface area contributed by atoms with Gasteiger partial charge in [-0.3, -0.25) is 5.10 Å². The van der Waals surface area contributed by atoms with Crippen LogP contribution >= 0.6 is 0 Å². The Hall–Kier alpha value is -1.69. The van der Waals surface area contributed by atoms with Crippen molar-refractivity contribution < 1.29 is 4.52 Å². The standard InChI is InChI=1S/C8H11N5O/c9-4-1-2-7-11-8(13-14-7)6-3-5-10-12-6/h3,5H,1-2,4,9H2,(H,10,12). The van der Waals surface area contributed by atoms with Crippen LogP contribution in [0.15, 0.2) is 16.8 Å². The minimum absolute atomic E-state index is 0.537. The lowest BCUT2D eigenvalue weighted by atomic mass is 10.3. The summed E-state index contributed by atoms with van der Waals surface area (Å²) in [4.78, 5) is 4.19. The van der Waals surface area contributed by atoms with Crippen LogP contribution in [0.2, 0.25) is 0 Å². The third kappa shape index (κ3) is 1.80. The molecule has 0 aliphatic rings. The zero-order valence-corrected chi connectivity index (χ0v) is 7.60. The Morgan fingerprint density at radius 2 is 2.43 bits per heavy atom. The second-order valence-electron chi connectivity index (χ2n) is 2.87. The predicted molar refractivity (Wildman–Crippen MR) is 49.3 cm³/mol. The number of hydrogen-bond acceptors (Lipinski definition) is 5. The van der Waals surface area contributed by atoms with Crippen LogP contribution in [0, 0.1) is 0 Å². The van der Waals surface area contributed by atoms with Crippen LogP contribution in [0.5, 0.6) is 0 Å². The highest BCUT2D eigenvalue weighted by atomic mass is 16.5. The Morgan fingerprint density at radius 1 is 1.50 bits per heavy atom. The molecule has 0 radical (unpaired) electrons. The fourth-order valence-corrected chi connectivity index (χ4v) is 1.10. The minimum atomic E-state index is 0.537. The third-order valence-corrected chi connectivity index (χ3v) is 1.80. The quantitative estimate of drug-likeness (QED) is 0.730. The molecular weight excluding hydrogens is 182 g/mol. The largest absolute Gasteiger partial charge is 0.339 e. The normalized spacial score (nSPS) is 10.6. The molecule has 3 N–H and O–H groups in total. The third-order valence-electron chi connectivity index (χ3n) is 1.80. The second-order valence-corrected chi connectivity index (χ2v) is 2.87. The molecule has 2 aromatic rings. The van der Waals surface area contributed by atoms with Crippen LogP contribution in [-0.4, -0.2) is 26.9 Å². The average Bonchev–Trinajstić information content (AvgIpc) is 2.85. The monoisotopic (exact) mass is 193 g/mol. The van der Waals surface area contributed by atoms with Gasteiger partial charge < -0.3 is 10.3 Å². The minimum Gasteiger partial charge on any atom is -0.339 e. The van der Waals surface area contributed by atoms with Crippen molar-refractivity contribution in [2.24, 2.45) is 5.73 Å². The van der Waals surface area contributed by atoms with Crippen molar-refractivity contribution in [3.05, 3.63) is 18.2 Å². The van der Waals surface area contributed by atoms with E-state index in [0.29, 0.717) is 18.3 Å². The Balaban J connectivity index is 2.10. The van der Waals surface area contributed by atoms with E-state index in [1.54, 1.807) is 12.3 Å². The molecule has 2 aromatic heterocycles. The topological polar surface area (TPSA) is 93.6 Å². The molecule has 0 saturated heterocycles. The molecule has 2 rings (SSSR count). The van der Waals surface area contributed by atoms with Crippen molar-refractivity contribution >= 4 is 0 Å². The Kier molecular flexibility index (Phi) is 2.55.